The van der Waals surface area contributed by atoms with E-state index in [-0.39, 0.29) is 23.6 Å². The Morgan fingerprint density at radius 1 is 1.21 bits per heavy atom. The van der Waals surface area contributed by atoms with Crippen molar-refractivity contribution >= 4 is 28.0 Å². The van der Waals surface area contributed by atoms with E-state index in [9.17, 15) is 9.59 Å². The fraction of sp³-hybridized carbons (Fsp3) is 0.227. The summed E-state index contributed by atoms with van der Waals surface area (Å²) < 4.78 is 12.3. The van der Waals surface area contributed by atoms with Gasteiger partial charge in [0.1, 0.15) is 23.4 Å². The fourth-order valence-corrected chi connectivity index (χ4v) is 3.85. The average molecular weight is 389 g/mol. The van der Waals surface area contributed by atoms with E-state index < -0.39 is 0 Å². The van der Waals surface area contributed by atoms with Crippen molar-refractivity contribution in [2.45, 2.75) is 19.5 Å². The molecule has 7 heteroatoms. The maximum Gasteiger partial charge on any atom is 0.297 e. The Morgan fingerprint density at radius 3 is 2.93 bits per heavy atom. The SMILES string of the molecule is COc1ccc2c(c1)CN(C(=O)Cn1cnc3c(oc4ccccc43)c1=O)CC2. The molecule has 4 aromatic rings. The number of carbonyl (C=O) groups excluding carboxylic acids is 1. The summed E-state index contributed by atoms with van der Waals surface area (Å²) in [6, 6.07) is 13.3. The first-order valence-electron chi connectivity index (χ1n) is 9.44. The van der Waals surface area contributed by atoms with Gasteiger partial charge in [-0.1, -0.05) is 18.2 Å². The summed E-state index contributed by atoms with van der Waals surface area (Å²) in [5.74, 6) is 0.645. The van der Waals surface area contributed by atoms with Gasteiger partial charge in [0.05, 0.1) is 13.4 Å². The molecule has 0 saturated heterocycles. The second kappa shape index (κ2) is 6.77. The first-order valence-corrected chi connectivity index (χ1v) is 9.44. The first-order chi connectivity index (χ1) is 14.1. The highest BCUT2D eigenvalue weighted by Gasteiger charge is 2.22. The van der Waals surface area contributed by atoms with E-state index in [1.54, 1.807) is 18.1 Å². The maximum atomic E-state index is 12.9. The van der Waals surface area contributed by atoms with Crippen LogP contribution in [0.3, 0.4) is 0 Å². The van der Waals surface area contributed by atoms with E-state index in [0.29, 0.717) is 24.2 Å². The molecule has 7 nitrogen and oxygen atoms in total. The Morgan fingerprint density at radius 2 is 2.07 bits per heavy atom. The van der Waals surface area contributed by atoms with Gasteiger partial charge >= 0.3 is 0 Å². The van der Waals surface area contributed by atoms with Gasteiger partial charge in [0.25, 0.3) is 5.56 Å². The van der Waals surface area contributed by atoms with Gasteiger partial charge in [0, 0.05) is 18.5 Å². The minimum Gasteiger partial charge on any atom is -0.497 e. The van der Waals surface area contributed by atoms with E-state index >= 15 is 0 Å². The van der Waals surface area contributed by atoms with Crippen LogP contribution in [0.15, 0.2) is 58.0 Å². The van der Waals surface area contributed by atoms with Crippen molar-refractivity contribution in [2.75, 3.05) is 13.7 Å². The molecule has 0 fully saturated rings. The molecule has 1 amide bonds. The lowest BCUT2D eigenvalue weighted by Gasteiger charge is -2.29. The van der Waals surface area contributed by atoms with E-state index in [0.717, 1.165) is 23.1 Å². The molecule has 1 aliphatic rings. The highest BCUT2D eigenvalue weighted by molar-refractivity contribution is 6.01. The van der Waals surface area contributed by atoms with Crippen molar-refractivity contribution in [3.63, 3.8) is 0 Å². The Kier molecular flexibility index (Phi) is 4.08. The summed E-state index contributed by atoms with van der Waals surface area (Å²) in [5, 5.41) is 0.791. The smallest absolute Gasteiger partial charge is 0.297 e. The van der Waals surface area contributed by atoms with Crippen LogP contribution in [0.2, 0.25) is 0 Å². The number of benzene rings is 2. The van der Waals surface area contributed by atoms with Crippen molar-refractivity contribution < 1.29 is 13.9 Å². The number of amides is 1. The molecule has 2 aromatic carbocycles. The van der Waals surface area contributed by atoms with Gasteiger partial charge in [0.2, 0.25) is 11.5 Å². The zero-order chi connectivity index (χ0) is 20.0. The standard InChI is InChI=1S/C22H19N3O4/c1-28-16-7-6-14-8-9-24(11-15(14)10-16)19(26)12-25-13-23-20-17-4-2-3-5-18(17)29-21(20)22(25)27/h2-7,10,13H,8-9,11-12H2,1H3. The predicted molar refractivity (Wildman–Crippen MR) is 108 cm³/mol. The summed E-state index contributed by atoms with van der Waals surface area (Å²) in [6.07, 6.45) is 2.20. The number of para-hydroxylation sites is 1. The molecule has 0 radical (unpaired) electrons. The predicted octanol–water partition coefficient (Wildman–Crippen LogP) is 2.74. The third-order valence-corrected chi connectivity index (χ3v) is 5.43. The van der Waals surface area contributed by atoms with Crippen LogP contribution in [0, 0.1) is 0 Å². The zero-order valence-electron chi connectivity index (χ0n) is 15.9. The van der Waals surface area contributed by atoms with E-state index in [1.807, 2.05) is 36.4 Å². The molecule has 2 aromatic heterocycles. The number of rotatable bonds is 3. The third-order valence-electron chi connectivity index (χ3n) is 5.43. The van der Waals surface area contributed by atoms with E-state index in [2.05, 4.69) is 4.98 Å². The summed E-state index contributed by atoms with van der Waals surface area (Å²) in [4.78, 5) is 31.8. The summed E-state index contributed by atoms with van der Waals surface area (Å²) in [5.41, 5.74) is 3.25. The Bertz CT molecular complexity index is 1300. The largest absolute Gasteiger partial charge is 0.497 e. The van der Waals surface area contributed by atoms with Gasteiger partial charge in [-0.05, 0) is 41.8 Å². The number of hydrogen-bond acceptors (Lipinski definition) is 5. The maximum absolute atomic E-state index is 12.9. The van der Waals surface area contributed by atoms with Crippen LogP contribution in [0.1, 0.15) is 11.1 Å². The molecule has 0 atom stereocenters. The van der Waals surface area contributed by atoms with E-state index in [1.165, 1.54) is 16.5 Å². The molecule has 3 heterocycles. The van der Waals surface area contributed by atoms with Crippen LogP contribution in [-0.4, -0.2) is 34.0 Å². The number of nitrogens with zero attached hydrogens (tertiary/aromatic N) is 3. The molecule has 146 valence electrons. The molecule has 0 bridgehead atoms. The van der Waals surface area contributed by atoms with Gasteiger partial charge < -0.3 is 14.1 Å². The lowest BCUT2D eigenvalue weighted by atomic mass is 9.99. The molecule has 0 aliphatic carbocycles. The van der Waals surface area contributed by atoms with Gasteiger partial charge in [-0.25, -0.2) is 4.98 Å². The number of aromatic nitrogens is 2. The molecule has 5 rings (SSSR count). The van der Waals surface area contributed by atoms with Gasteiger partial charge in [-0.2, -0.15) is 0 Å². The number of furan rings is 1. The second-order valence-corrected chi connectivity index (χ2v) is 7.15. The zero-order valence-corrected chi connectivity index (χ0v) is 15.9. The monoisotopic (exact) mass is 389 g/mol. The number of fused-ring (bicyclic) bond motifs is 4. The minimum atomic E-state index is -0.348. The first kappa shape index (κ1) is 17.5. The number of carbonyl (C=O) groups is 1. The van der Waals surface area contributed by atoms with Crippen LogP contribution in [0.4, 0.5) is 0 Å². The van der Waals surface area contributed by atoms with Crippen LogP contribution in [0.5, 0.6) is 5.75 Å². The fourth-order valence-electron chi connectivity index (χ4n) is 3.85. The van der Waals surface area contributed by atoms with E-state index in [4.69, 9.17) is 9.15 Å². The summed E-state index contributed by atoms with van der Waals surface area (Å²) in [7, 11) is 1.63. The molecule has 0 spiro atoms. The van der Waals surface area contributed by atoms with Crippen molar-refractivity contribution in [2.24, 2.45) is 0 Å². The van der Waals surface area contributed by atoms with Crippen LogP contribution < -0.4 is 10.3 Å². The van der Waals surface area contributed by atoms with Crippen LogP contribution in [-0.2, 0) is 24.3 Å². The van der Waals surface area contributed by atoms with Crippen molar-refractivity contribution in [1.29, 1.82) is 0 Å². The Hall–Kier alpha value is -3.61. The van der Waals surface area contributed by atoms with Gasteiger partial charge in [-0.3, -0.25) is 14.2 Å². The molecule has 1 aliphatic heterocycles. The molecular formula is C22H19N3O4. The number of hydrogen-bond donors (Lipinski definition) is 0. The quantitative estimate of drug-likeness (QED) is 0.538. The summed E-state index contributed by atoms with van der Waals surface area (Å²) in [6.45, 7) is 1.05. The lowest BCUT2D eigenvalue weighted by Crippen LogP contribution is -2.39. The Labute approximate surface area is 166 Å². The van der Waals surface area contributed by atoms with Crippen LogP contribution >= 0.6 is 0 Å². The third kappa shape index (κ3) is 2.95. The van der Waals surface area contributed by atoms with Crippen molar-refractivity contribution in [3.8, 4) is 5.75 Å². The molecule has 0 saturated carbocycles. The average Bonchev–Trinajstić information content (AvgIpc) is 3.14. The Balaban J connectivity index is 1.42. The molecular weight excluding hydrogens is 370 g/mol. The molecule has 0 N–H and O–H groups in total. The number of ether oxygens (including phenoxy) is 1. The topological polar surface area (TPSA) is 77.6 Å². The molecule has 0 unspecified atom stereocenters. The number of methoxy groups -OCH3 is 1. The van der Waals surface area contributed by atoms with Gasteiger partial charge in [-0.15, -0.1) is 0 Å². The van der Waals surface area contributed by atoms with Crippen molar-refractivity contribution in [3.05, 3.63) is 70.3 Å². The lowest BCUT2D eigenvalue weighted by molar-refractivity contribution is -0.132. The highest BCUT2D eigenvalue weighted by atomic mass is 16.5. The summed E-state index contributed by atoms with van der Waals surface area (Å²) >= 11 is 0. The van der Waals surface area contributed by atoms with Crippen LogP contribution in [0.25, 0.3) is 22.1 Å². The minimum absolute atomic E-state index is 0.0713. The van der Waals surface area contributed by atoms with Crippen molar-refractivity contribution in [1.82, 2.24) is 14.5 Å². The highest BCUT2D eigenvalue weighted by Crippen LogP contribution is 2.25. The normalized spacial score (nSPS) is 13.6. The second-order valence-electron chi connectivity index (χ2n) is 7.15. The van der Waals surface area contributed by atoms with Gasteiger partial charge in [0.15, 0.2) is 0 Å². The molecule has 29 heavy (non-hydrogen) atoms.